The van der Waals surface area contributed by atoms with E-state index in [0.717, 1.165) is 0 Å². The van der Waals surface area contributed by atoms with Crippen LogP contribution in [0.4, 0.5) is 5.69 Å². The quantitative estimate of drug-likeness (QED) is 0.713. The minimum absolute atomic E-state index is 0.284. The van der Waals surface area contributed by atoms with Crippen LogP contribution in [0.2, 0.25) is 5.02 Å². The van der Waals surface area contributed by atoms with Gasteiger partial charge >= 0.3 is 5.97 Å². The van der Waals surface area contributed by atoms with Crippen molar-refractivity contribution in [3.63, 3.8) is 0 Å². The number of hydrogen-bond acceptors (Lipinski definition) is 3. The van der Waals surface area contributed by atoms with Crippen molar-refractivity contribution in [3.8, 4) is 0 Å². The molecule has 5 nitrogen and oxygen atoms in total. The number of benzene rings is 1. The third-order valence-corrected chi connectivity index (χ3v) is 2.78. The van der Waals surface area contributed by atoms with E-state index in [1.54, 1.807) is 0 Å². The summed E-state index contributed by atoms with van der Waals surface area (Å²) in [6.45, 7) is 1.85. The number of carboxylic acid groups (broad SMARTS) is 1. The van der Waals surface area contributed by atoms with Gasteiger partial charge in [-0.1, -0.05) is 24.9 Å². The highest BCUT2D eigenvalue weighted by Crippen LogP contribution is 2.19. The van der Waals surface area contributed by atoms with E-state index in [1.807, 2.05) is 6.92 Å². The van der Waals surface area contributed by atoms with E-state index < -0.39 is 17.9 Å². The van der Waals surface area contributed by atoms with Gasteiger partial charge in [0.15, 0.2) is 0 Å². The van der Waals surface area contributed by atoms with Crippen LogP contribution in [0, 0.1) is 0 Å². The first-order valence-corrected chi connectivity index (χ1v) is 5.92. The Labute approximate surface area is 110 Å². The Bertz CT molecular complexity index is 463. The van der Waals surface area contributed by atoms with Gasteiger partial charge in [0.25, 0.3) is 5.91 Å². The molecule has 0 radical (unpaired) electrons. The van der Waals surface area contributed by atoms with Crippen molar-refractivity contribution in [2.45, 2.75) is 25.8 Å². The topological polar surface area (TPSA) is 92.4 Å². The first-order valence-electron chi connectivity index (χ1n) is 5.54. The Hall–Kier alpha value is -1.75. The number of nitrogens with one attached hydrogen (secondary N) is 1. The Balaban J connectivity index is 2.80. The summed E-state index contributed by atoms with van der Waals surface area (Å²) in [5, 5.41) is 11.7. The number of aliphatic carboxylic acids is 1. The van der Waals surface area contributed by atoms with Gasteiger partial charge in [-0.25, -0.2) is 4.79 Å². The number of rotatable bonds is 5. The van der Waals surface area contributed by atoms with E-state index in [9.17, 15) is 9.59 Å². The van der Waals surface area contributed by atoms with Gasteiger partial charge in [0.2, 0.25) is 0 Å². The lowest BCUT2D eigenvalue weighted by Crippen LogP contribution is -2.40. The lowest BCUT2D eigenvalue weighted by molar-refractivity contribution is -0.139. The summed E-state index contributed by atoms with van der Waals surface area (Å²) in [7, 11) is 0. The van der Waals surface area contributed by atoms with Gasteiger partial charge < -0.3 is 16.2 Å². The van der Waals surface area contributed by atoms with E-state index >= 15 is 0 Å². The molecule has 0 aliphatic rings. The average Bonchev–Trinajstić information content (AvgIpc) is 2.31. The maximum absolute atomic E-state index is 11.8. The van der Waals surface area contributed by atoms with E-state index in [4.69, 9.17) is 22.4 Å². The Morgan fingerprint density at radius 2 is 2.17 bits per heavy atom. The van der Waals surface area contributed by atoms with Gasteiger partial charge in [0.05, 0.1) is 10.7 Å². The van der Waals surface area contributed by atoms with Crippen molar-refractivity contribution in [3.05, 3.63) is 28.8 Å². The summed E-state index contributed by atoms with van der Waals surface area (Å²) in [5.74, 6) is -1.52. The smallest absolute Gasteiger partial charge is 0.326 e. The zero-order valence-electron chi connectivity index (χ0n) is 9.94. The van der Waals surface area contributed by atoms with Crippen LogP contribution in [0.5, 0.6) is 0 Å². The molecule has 18 heavy (non-hydrogen) atoms. The maximum Gasteiger partial charge on any atom is 0.326 e. The molecule has 1 atom stereocenters. The Kier molecular flexibility index (Phi) is 4.97. The molecular formula is C12H15ClN2O3. The molecule has 0 spiro atoms. The predicted octanol–water partition coefficient (Wildman–Crippen LogP) is 1.91. The van der Waals surface area contributed by atoms with Crippen LogP contribution in [-0.4, -0.2) is 23.0 Å². The molecule has 0 bridgehead atoms. The highest BCUT2D eigenvalue weighted by atomic mass is 35.5. The van der Waals surface area contributed by atoms with Crippen LogP contribution in [0.1, 0.15) is 30.1 Å². The number of halogens is 1. The average molecular weight is 271 g/mol. The third kappa shape index (κ3) is 3.63. The number of carbonyl (C=O) groups excluding carboxylic acids is 1. The molecule has 0 aromatic heterocycles. The fourth-order valence-corrected chi connectivity index (χ4v) is 1.59. The zero-order chi connectivity index (χ0) is 13.7. The summed E-state index contributed by atoms with van der Waals surface area (Å²) < 4.78 is 0. The molecule has 0 unspecified atom stereocenters. The van der Waals surface area contributed by atoms with E-state index in [2.05, 4.69) is 5.32 Å². The second kappa shape index (κ2) is 6.26. The SMILES string of the molecule is CCC[C@@H](NC(=O)c1ccc(Cl)c(N)c1)C(=O)O. The number of nitrogen functional groups attached to an aromatic ring is 1. The number of carbonyl (C=O) groups is 2. The van der Waals surface area contributed by atoms with Crippen molar-refractivity contribution in [2.24, 2.45) is 0 Å². The van der Waals surface area contributed by atoms with Gasteiger partial charge in [0.1, 0.15) is 6.04 Å². The number of carboxylic acids is 1. The zero-order valence-corrected chi connectivity index (χ0v) is 10.7. The second-order valence-corrected chi connectivity index (χ2v) is 4.30. The van der Waals surface area contributed by atoms with E-state index in [-0.39, 0.29) is 5.69 Å². The van der Waals surface area contributed by atoms with E-state index in [0.29, 0.717) is 23.4 Å². The minimum atomic E-state index is -1.05. The predicted molar refractivity (Wildman–Crippen MR) is 69.7 cm³/mol. The second-order valence-electron chi connectivity index (χ2n) is 3.89. The van der Waals surface area contributed by atoms with Crippen LogP contribution in [0.3, 0.4) is 0 Å². The Morgan fingerprint density at radius 3 is 2.67 bits per heavy atom. The fourth-order valence-electron chi connectivity index (χ4n) is 1.47. The normalized spacial score (nSPS) is 11.9. The van der Waals surface area contributed by atoms with Crippen molar-refractivity contribution in [1.29, 1.82) is 0 Å². The van der Waals surface area contributed by atoms with Gasteiger partial charge in [-0.2, -0.15) is 0 Å². The number of anilines is 1. The molecule has 1 aromatic carbocycles. The Morgan fingerprint density at radius 1 is 1.50 bits per heavy atom. The third-order valence-electron chi connectivity index (χ3n) is 2.44. The molecule has 0 saturated heterocycles. The highest BCUT2D eigenvalue weighted by molar-refractivity contribution is 6.33. The highest BCUT2D eigenvalue weighted by Gasteiger charge is 2.19. The monoisotopic (exact) mass is 270 g/mol. The fraction of sp³-hybridized carbons (Fsp3) is 0.333. The van der Waals surface area contributed by atoms with Crippen LogP contribution < -0.4 is 11.1 Å². The van der Waals surface area contributed by atoms with E-state index in [1.165, 1.54) is 18.2 Å². The maximum atomic E-state index is 11.8. The summed E-state index contributed by atoms with van der Waals surface area (Å²) >= 11 is 5.74. The summed E-state index contributed by atoms with van der Waals surface area (Å²) in [6.07, 6.45) is 1.05. The molecule has 0 aliphatic carbocycles. The lowest BCUT2D eigenvalue weighted by Gasteiger charge is -2.13. The summed E-state index contributed by atoms with van der Waals surface area (Å²) in [4.78, 5) is 22.7. The molecule has 4 N–H and O–H groups in total. The van der Waals surface area contributed by atoms with Crippen LogP contribution in [0.15, 0.2) is 18.2 Å². The van der Waals surface area contributed by atoms with Crippen molar-refractivity contribution in [1.82, 2.24) is 5.32 Å². The molecule has 0 fully saturated rings. The molecular weight excluding hydrogens is 256 g/mol. The molecule has 0 heterocycles. The van der Waals surface area contributed by atoms with Crippen LogP contribution in [0.25, 0.3) is 0 Å². The largest absolute Gasteiger partial charge is 0.480 e. The number of hydrogen-bond donors (Lipinski definition) is 3. The number of amides is 1. The summed E-state index contributed by atoms with van der Waals surface area (Å²) in [6, 6.07) is 3.53. The molecule has 98 valence electrons. The van der Waals surface area contributed by atoms with Crippen molar-refractivity contribution in [2.75, 3.05) is 5.73 Å². The number of nitrogens with two attached hydrogens (primary N) is 1. The molecule has 1 amide bonds. The minimum Gasteiger partial charge on any atom is -0.480 e. The van der Waals surface area contributed by atoms with Gasteiger partial charge in [0, 0.05) is 5.56 Å². The molecule has 1 aromatic rings. The lowest BCUT2D eigenvalue weighted by atomic mass is 10.1. The molecule has 0 aliphatic heterocycles. The van der Waals surface area contributed by atoms with Gasteiger partial charge in [-0.3, -0.25) is 4.79 Å². The molecule has 0 saturated carbocycles. The first-order chi connectivity index (χ1) is 8.45. The summed E-state index contributed by atoms with van der Waals surface area (Å²) in [5.41, 5.74) is 6.15. The molecule has 1 rings (SSSR count). The van der Waals surface area contributed by atoms with Crippen LogP contribution in [-0.2, 0) is 4.79 Å². The standard InChI is InChI=1S/C12H15ClN2O3/c1-2-3-10(12(17)18)15-11(16)7-4-5-8(13)9(14)6-7/h4-6,10H,2-3,14H2,1H3,(H,15,16)(H,17,18)/t10-/m1/s1. The van der Waals surface area contributed by atoms with Crippen LogP contribution >= 0.6 is 11.6 Å². The van der Waals surface area contributed by atoms with Gasteiger partial charge in [-0.05, 0) is 24.6 Å². The van der Waals surface area contributed by atoms with Gasteiger partial charge in [-0.15, -0.1) is 0 Å². The van der Waals surface area contributed by atoms with Crippen molar-refractivity contribution >= 4 is 29.2 Å². The first kappa shape index (κ1) is 14.3. The molecule has 6 heteroatoms. The van der Waals surface area contributed by atoms with Crippen molar-refractivity contribution < 1.29 is 14.7 Å².